The number of nitrogen functional groups attached to an aromatic ring is 1. The van der Waals surface area contributed by atoms with Gasteiger partial charge in [-0.2, -0.15) is 0 Å². The maximum absolute atomic E-state index is 7.12. The number of anilines is 1. The topological polar surface area (TPSA) is 35.2 Å². The van der Waals surface area contributed by atoms with Crippen LogP contribution in [-0.4, -0.2) is 8.32 Å². The third-order valence-corrected chi connectivity index (χ3v) is 10.5. The third-order valence-electron chi connectivity index (χ3n) is 5.56. The molecule has 0 atom stereocenters. The first-order chi connectivity index (χ1) is 14.8. The number of benzene rings is 3. The summed E-state index contributed by atoms with van der Waals surface area (Å²) in [6.45, 7) is 12.7. The quantitative estimate of drug-likeness (QED) is 0.290. The van der Waals surface area contributed by atoms with Gasteiger partial charge in [0.25, 0.3) is 0 Å². The molecule has 2 N–H and O–H groups in total. The average Bonchev–Trinajstić information content (AvgIpc) is 2.72. The summed E-state index contributed by atoms with van der Waals surface area (Å²) >= 11 is 0. The first-order valence-corrected chi connectivity index (χ1v) is 12.6. The molecule has 0 aliphatic heterocycles. The second-order valence-corrected chi connectivity index (χ2v) is 13.3. The highest BCUT2D eigenvalue weighted by molar-refractivity contribution is 7.00. The third kappa shape index (κ3) is 5.00. The Morgan fingerprint density at radius 1 is 0.935 bits per heavy atom. The van der Waals surface area contributed by atoms with Crippen LogP contribution < -0.4 is 20.5 Å². The van der Waals surface area contributed by atoms with Crippen LogP contribution in [0.15, 0.2) is 103 Å². The fourth-order valence-electron chi connectivity index (χ4n) is 4.26. The van der Waals surface area contributed by atoms with Gasteiger partial charge in [0, 0.05) is 11.8 Å². The minimum Gasteiger partial charge on any atom is -0.534 e. The summed E-state index contributed by atoms with van der Waals surface area (Å²) in [5.41, 5.74) is 9.40. The largest absolute Gasteiger partial charge is 0.534 e. The standard InChI is InChI=1S/C28H33NOSi/c1-6-13-22(2)18-23-19-24(29)21-25(20-23)30-31(28(3,4)5,26-14-9-7-10-15-26)27-16-11-8-12-17-27/h6-17,19-21H,1,18,29H2,2-5H3/b22-13+. The molecule has 0 heterocycles. The van der Waals surface area contributed by atoms with Crippen LogP contribution in [0.5, 0.6) is 5.75 Å². The van der Waals surface area contributed by atoms with E-state index < -0.39 is 8.32 Å². The van der Waals surface area contributed by atoms with Crippen molar-refractivity contribution >= 4 is 24.4 Å². The van der Waals surface area contributed by atoms with Crippen molar-refractivity contribution in [2.24, 2.45) is 0 Å². The molecular weight excluding hydrogens is 394 g/mol. The summed E-state index contributed by atoms with van der Waals surface area (Å²) in [4.78, 5) is 0. The molecular formula is C28H33NOSi. The molecule has 3 aromatic rings. The summed E-state index contributed by atoms with van der Waals surface area (Å²) in [6.07, 6.45) is 4.67. The van der Waals surface area contributed by atoms with Crippen molar-refractivity contribution in [2.75, 3.05) is 5.73 Å². The van der Waals surface area contributed by atoms with Crippen molar-refractivity contribution in [3.63, 3.8) is 0 Å². The lowest BCUT2D eigenvalue weighted by molar-refractivity contribution is 0.508. The van der Waals surface area contributed by atoms with Crippen molar-refractivity contribution in [2.45, 2.75) is 39.2 Å². The molecule has 3 rings (SSSR count). The van der Waals surface area contributed by atoms with Crippen molar-refractivity contribution in [1.29, 1.82) is 0 Å². The number of hydrogen-bond donors (Lipinski definition) is 1. The molecule has 0 aromatic heterocycles. The van der Waals surface area contributed by atoms with Gasteiger partial charge in [-0.05, 0) is 46.5 Å². The van der Waals surface area contributed by atoms with E-state index in [9.17, 15) is 0 Å². The zero-order valence-electron chi connectivity index (χ0n) is 19.1. The molecule has 3 aromatic carbocycles. The van der Waals surface area contributed by atoms with E-state index in [2.05, 4.69) is 101 Å². The Hall–Kier alpha value is -3.04. The Labute approximate surface area is 188 Å². The first-order valence-electron chi connectivity index (χ1n) is 10.7. The van der Waals surface area contributed by atoms with E-state index in [1.54, 1.807) is 0 Å². The Morgan fingerprint density at radius 3 is 1.97 bits per heavy atom. The molecule has 0 aliphatic rings. The molecule has 0 fully saturated rings. The number of allylic oxidation sites excluding steroid dienone is 3. The second-order valence-electron chi connectivity index (χ2n) is 9.10. The fraction of sp³-hybridized carbons (Fsp3) is 0.214. The highest BCUT2D eigenvalue weighted by Gasteiger charge is 2.52. The Kier molecular flexibility index (Phi) is 6.86. The fourth-order valence-corrected chi connectivity index (χ4v) is 8.66. The maximum atomic E-state index is 7.12. The van der Waals surface area contributed by atoms with Gasteiger partial charge in [-0.3, -0.25) is 0 Å². The summed E-state index contributed by atoms with van der Waals surface area (Å²) in [5.74, 6) is 0.829. The lowest BCUT2D eigenvalue weighted by Gasteiger charge is -2.43. The molecule has 0 unspecified atom stereocenters. The molecule has 31 heavy (non-hydrogen) atoms. The molecule has 0 radical (unpaired) electrons. The van der Waals surface area contributed by atoms with Gasteiger partial charge in [-0.1, -0.05) is 106 Å². The van der Waals surface area contributed by atoms with E-state index in [-0.39, 0.29) is 5.04 Å². The van der Waals surface area contributed by atoms with Gasteiger partial charge >= 0.3 is 8.32 Å². The van der Waals surface area contributed by atoms with E-state index in [1.807, 2.05) is 24.3 Å². The minimum atomic E-state index is -2.68. The first kappa shape index (κ1) is 22.6. The van der Waals surface area contributed by atoms with Gasteiger partial charge in [0.15, 0.2) is 0 Å². The van der Waals surface area contributed by atoms with Crippen LogP contribution in [0.25, 0.3) is 0 Å². The highest BCUT2D eigenvalue weighted by atomic mass is 28.4. The number of rotatable bonds is 7. The monoisotopic (exact) mass is 427 g/mol. The van der Waals surface area contributed by atoms with Crippen molar-refractivity contribution < 1.29 is 4.43 Å². The summed E-state index contributed by atoms with van der Waals surface area (Å²) in [6, 6.07) is 27.4. The Bertz CT molecular complexity index is 1010. The second kappa shape index (κ2) is 9.40. The zero-order chi connectivity index (χ0) is 22.5. The van der Waals surface area contributed by atoms with E-state index in [0.717, 1.165) is 23.4 Å². The van der Waals surface area contributed by atoms with Crippen LogP contribution in [0.3, 0.4) is 0 Å². The van der Waals surface area contributed by atoms with Gasteiger partial charge in [0.05, 0.1) is 0 Å². The van der Waals surface area contributed by atoms with Gasteiger partial charge in [-0.15, -0.1) is 0 Å². The zero-order valence-corrected chi connectivity index (χ0v) is 20.1. The molecule has 0 saturated carbocycles. The van der Waals surface area contributed by atoms with Gasteiger partial charge in [-0.25, -0.2) is 0 Å². The molecule has 3 heteroatoms. The van der Waals surface area contributed by atoms with Crippen LogP contribution in [0, 0.1) is 0 Å². The van der Waals surface area contributed by atoms with Crippen LogP contribution in [0.1, 0.15) is 33.3 Å². The smallest absolute Gasteiger partial charge is 0.319 e. The minimum absolute atomic E-state index is 0.0981. The van der Waals surface area contributed by atoms with Crippen LogP contribution in [0.4, 0.5) is 5.69 Å². The molecule has 160 valence electrons. The van der Waals surface area contributed by atoms with Crippen molar-refractivity contribution in [3.05, 3.63) is 109 Å². The Balaban J connectivity index is 2.17. The molecule has 0 bridgehead atoms. The average molecular weight is 428 g/mol. The summed E-state index contributed by atoms with van der Waals surface area (Å²) < 4.78 is 7.12. The highest BCUT2D eigenvalue weighted by Crippen LogP contribution is 2.38. The van der Waals surface area contributed by atoms with Crippen LogP contribution in [-0.2, 0) is 6.42 Å². The predicted octanol–water partition coefficient (Wildman–Crippen LogP) is 5.88. The molecule has 0 aliphatic carbocycles. The van der Waals surface area contributed by atoms with Crippen LogP contribution >= 0.6 is 0 Å². The Morgan fingerprint density at radius 2 is 1.48 bits per heavy atom. The molecule has 2 nitrogen and oxygen atoms in total. The summed E-state index contributed by atoms with van der Waals surface area (Å²) in [7, 11) is -2.68. The van der Waals surface area contributed by atoms with E-state index in [1.165, 1.54) is 15.9 Å². The lowest BCUT2D eigenvalue weighted by atomic mass is 10.1. The molecule has 0 spiro atoms. The summed E-state index contributed by atoms with van der Waals surface area (Å²) in [5, 5.41) is 2.40. The molecule has 0 amide bonds. The maximum Gasteiger partial charge on any atom is 0.319 e. The normalized spacial score (nSPS) is 12.5. The van der Waals surface area contributed by atoms with Gasteiger partial charge < -0.3 is 10.2 Å². The molecule has 0 saturated heterocycles. The SMILES string of the molecule is C=C/C=C(\C)Cc1cc(N)cc(O[Si](c2ccccc2)(c2ccccc2)C(C)(C)C)c1. The number of hydrogen-bond acceptors (Lipinski definition) is 2. The van der Waals surface area contributed by atoms with E-state index in [4.69, 9.17) is 10.2 Å². The van der Waals surface area contributed by atoms with Crippen molar-refractivity contribution in [1.82, 2.24) is 0 Å². The van der Waals surface area contributed by atoms with E-state index >= 15 is 0 Å². The van der Waals surface area contributed by atoms with Gasteiger partial charge in [0.1, 0.15) is 5.75 Å². The van der Waals surface area contributed by atoms with Gasteiger partial charge in [0.2, 0.25) is 0 Å². The van der Waals surface area contributed by atoms with Crippen molar-refractivity contribution in [3.8, 4) is 5.75 Å². The lowest BCUT2D eigenvalue weighted by Crippen LogP contribution is -2.68. The predicted molar refractivity (Wildman–Crippen MR) is 137 cm³/mol. The van der Waals surface area contributed by atoms with Crippen LogP contribution in [0.2, 0.25) is 5.04 Å². The van der Waals surface area contributed by atoms with E-state index in [0.29, 0.717) is 0 Å². The number of nitrogens with two attached hydrogens (primary N) is 1.